The first-order valence-corrected chi connectivity index (χ1v) is 10.6. The summed E-state index contributed by atoms with van der Waals surface area (Å²) in [5.41, 5.74) is 2.73. The fourth-order valence-corrected chi connectivity index (χ4v) is 3.96. The van der Waals surface area contributed by atoms with E-state index in [-0.39, 0.29) is 5.56 Å². The van der Waals surface area contributed by atoms with Gasteiger partial charge in [-0.2, -0.15) is 0 Å². The van der Waals surface area contributed by atoms with Gasteiger partial charge in [0.25, 0.3) is 5.56 Å². The first kappa shape index (κ1) is 20.5. The number of aromatic nitrogens is 1. The number of hydrogen-bond acceptors (Lipinski definition) is 4. The minimum atomic E-state index is -0.0763. The van der Waals surface area contributed by atoms with E-state index in [1.807, 2.05) is 28.5 Å². The molecule has 0 radical (unpaired) electrons. The molecule has 5 nitrogen and oxygen atoms in total. The molecule has 28 heavy (non-hydrogen) atoms. The number of methoxy groups -OCH3 is 1. The molecule has 1 aromatic carbocycles. The molecule has 2 heterocycles. The van der Waals surface area contributed by atoms with Crippen LogP contribution >= 0.6 is 23.6 Å². The number of fused-ring (bicyclic) bond motifs is 1. The van der Waals surface area contributed by atoms with Gasteiger partial charge in [-0.05, 0) is 59.2 Å². The number of pyridine rings is 1. The van der Waals surface area contributed by atoms with Gasteiger partial charge in [0.05, 0.1) is 19.7 Å². The van der Waals surface area contributed by atoms with Crippen LogP contribution in [-0.4, -0.2) is 35.3 Å². The summed E-state index contributed by atoms with van der Waals surface area (Å²) in [5.74, 6) is 0. The van der Waals surface area contributed by atoms with Crippen LogP contribution in [0.4, 0.5) is 0 Å². The average Bonchev–Trinajstić information content (AvgIpc) is 3.21. The Kier molecular flexibility index (Phi) is 7.19. The number of nitrogens with zero attached hydrogens (tertiary/aromatic N) is 1. The number of rotatable bonds is 8. The third kappa shape index (κ3) is 5.19. The highest BCUT2D eigenvalue weighted by Crippen LogP contribution is 2.17. The molecule has 2 aromatic heterocycles. The molecule has 2 N–H and O–H groups in total. The maximum atomic E-state index is 12.6. The van der Waals surface area contributed by atoms with Crippen LogP contribution in [0, 0.1) is 0 Å². The Morgan fingerprint density at radius 3 is 2.86 bits per heavy atom. The summed E-state index contributed by atoms with van der Waals surface area (Å²) in [4.78, 5) is 18.9. The van der Waals surface area contributed by atoms with Crippen molar-refractivity contribution < 1.29 is 4.74 Å². The Balaban J connectivity index is 1.86. The highest BCUT2D eigenvalue weighted by molar-refractivity contribution is 7.80. The van der Waals surface area contributed by atoms with Crippen LogP contribution in [0.1, 0.15) is 22.9 Å². The number of hydrogen-bond donors (Lipinski definition) is 2. The third-order valence-electron chi connectivity index (χ3n) is 4.55. The van der Waals surface area contributed by atoms with Crippen LogP contribution in [0.15, 0.2) is 46.6 Å². The van der Waals surface area contributed by atoms with E-state index in [4.69, 9.17) is 17.0 Å². The molecule has 3 aromatic rings. The molecule has 148 valence electrons. The number of benzene rings is 1. The number of aromatic amines is 1. The number of thiophene rings is 1. The van der Waals surface area contributed by atoms with Gasteiger partial charge < -0.3 is 19.9 Å². The van der Waals surface area contributed by atoms with Gasteiger partial charge >= 0.3 is 0 Å². The molecule has 0 aliphatic carbocycles. The molecular weight excluding hydrogens is 390 g/mol. The third-order valence-corrected chi connectivity index (χ3v) is 5.82. The monoisotopic (exact) mass is 415 g/mol. The second-order valence-corrected chi connectivity index (χ2v) is 7.98. The van der Waals surface area contributed by atoms with E-state index in [0.29, 0.717) is 36.9 Å². The Morgan fingerprint density at radius 2 is 2.14 bits per heavy atom. The second-order valence-electron chi connectivity index (χ2n) is 6.56. The Hall–Kier alpha value is -2.22. The van der Waals surface area contributed by atoms with Crippen molar-refractivity contribution in [3.8, 4) is 0 Å². The quantitative estimate of drug-likeness (QED) is 0.434. The molecule has 0 amide bonds. The number of thiocarbonyl (C=S) groups is 1. The zero-order valence-corrected chi connectivity index (χ0v) is 17.8. The summed E-state index contributed by atoms with van der Waals surface area (Å²) in [7, 11) is 1.66. The number of aryl methyl sites for hydroxylation is 1. The molecule has 7 heteroatoms. The lowest BCUT2D eigenvalue weighted by Crippen LogP contribution is -2.41. The van der Waals surface area contributed by atoms with Gasteiger partial charge in [-0.15, -0.1) is 11.3 Å². The maximum Gasteiger partial charge on any atom is 0.253 e. The zero-order chi connectivity index (χ0) is 19.9. The summed E-state index contributed by atoms with van der Waals surface area (Å²) in [6, 6.07) is 12.2. The molecule has 0 saturated carbocycles. The van der Waals surface area contributed by atoms with Gasteiger partial charge in [0.1, 0.15) is 0 Å². The van der Waals surface area contributed by atoms with Crippen molar-refractivity contribution >= 4 is 39.6 Å². The Morgan fingerprint density at radius 1 is 1.29 bits per heavy atom. The first-order valence-electron chi connectivity index (χ1n) is 9.29. The van der Waals surface area contributed by atoms with Gasteiger partial charge in [0, 0.05) is 29.6 Å². The van der Waals surface area contributed by atoms with Crippen molar-refractivity contribution in [2.75, 3.05) is 20.3 Å². The summed E-state index contributed by atoms with van der Waals surface area (Å²) in [5, 5.41) is 6.92. The minimum absolute atomic E-state index is 0.0763. The minimum Gasteiger partial charge on any atom is -0.383 e. The van der Waals surface area contributed by atoms with Gasteiger partial charge in [-0.1, -0.05) is 19.1 Å². The summed E-state index contributed by atoms with van der Waals surface area (Å²) < 4.78 is 5.09. The normalized spacial score (nSPS) is 10.9. The van der Waals surface area contributed by atoms with Crippen molar-refractivity contribution in [2.45, 2.75) is 26.4 Å². The van der Waals surface area contributed by atoms with Crippen molar-refractivity contribution in [1.29, 1.82) is 0 Å². The molecule has 0 bridgehead atoms. The van der Waals surface area contributed by atoms with Crippen molar-refractivity contribution in [3.63, 3.8) is 0 Å². The fraction of sp³-hybridized carbons (Fsp3) is 0.333. The number of nitrogens with one attached hydrogen (secondary N) is 2. The lowest BCUT2D eigenvalue weighted by molar-refractivity contribution is 0.202. The van der Waals surface area contributed by atoms with Crippen molar-refractivity contribution in [2.24, 2.45) is 0 Å². The molecule has 0 aliphatic rings. The summed E-state index contributed by atoms with van der Waals surface area (Å²) in [6.07, 6.45) is 0.961. The molecule has 0 aliphatic heterocycles. The van der Waals surface area contributed by atoms with Crippen LogP contribution in [-0.2, 0) is 24.2 Å². The molecule has 0 atom stereocenters. The molecule has 0 spiro atoms. The van der Waals surface area contributed by atoms with Gasteiger partial charge in [-0.3, -0.25) is 4.79 Å². The molecule has 0 saturated heterocycles. The predicted molar refractivity (Wildman–Crippen MR) is 120 cm³/mol. The van der Waals surface area contributed by atoms with Crippen LogP contribution in [0.2, 0.25) is 0 Å². The lowest BCUT2D eigenvalue weighted by Gasteiger charge is -2.25. The van der Waals surface area contributed by atoms with E-state index in [0.717, 1.165) is 17.3 Å². The van der Waals surface area contributed by atoms with Crippen molar-refractivity contribution in [1.82, 2.24) is 15.2 Å². The largest absolute Gasteiger partial charge is 0.383 e. The highest BCUT2D eigenvalue weighted by Gasteiger charge is 2.14. The first-order chi connectivity index (χ1) is 13.6. The molecule has 3 rings (SSSR count). The van der Waals surface area contributed by atoms with E-state index < -0.39 is 0 Å². The van der Waals surface area contributed by atoms with Gasteiger partial charge in [-0.25, -0.2) is 0 Å². The fourth-order valence-electron chi connectivity index (χ4n) is 3.01. The van der Waals surface area contributed by atoms with Crippen LogP contribution in [0.3, 0.4) is 0 Å². The van der Waals surface area contributed by atoms with Crippen molar-refractivity contribution in [3.05, 3.63) is 68.1 Å². The number of ether oxygens (including phenoxy) is 1. The van der Waals surface area contributed by atoms with Crippen LogP contribution in [0.5, 0.6) is 0 Å². The molecule has 0 fully saturated rings. The topological polar surface area (TPSA) is 57.4 Å². The maximum absolute atomic E-state index is 12.6. The van der Waals surface area contributed by atoms with Crippen LogP contribution < -0.4 is 10.9 Å². The number of H-pyrrole nitrogens is 1. The average molecular weight is 416 g/mol. The SMILES string of the molecule is CCc1ccc2[nH]c(=O)c(CN(Cc3cccs3)C(=S)NCCOC)cc2c1. The van der Waals surface area contributed by atoms with Crippen LogP contribution in [0.25, 0.3) is 10.9 Å². The Labute approximate surface area is 174 Å². The highest BCUT2D eigenvalue weighted by atomic mass is 32.1. The molecular formula is C21H25N3O2S2. The summed E-state index contributed by atoms with van der Waals surface area (Å²) in [6.45, 7) is 4.43. The standard InChI is InChI=1S/C21H25N3O2S2/c1-3-15-6-7-19-16(11-15)12-17(20(25)23-19)13-24(14-18-5-4-10-28-18)21(27)22-8-9-26-2/h4-7,10-12H,3,8-9,13-14H2,1-2H3,(H,22,27)(H,23,25). The van der Waals surface area contributed by atoms with E-state index >= 15 is 0 Å². The smallest absolute Gasteiger partial charge is 0.253 e. The lowest BCUT2D eigenvalue weighted by atomic mass is 10.1. The zero-order valence-electron chi connectivity index (χ0n) is 16.2. The second kappa shape index (κ2) is 9.82. The van der Waals surface area contributed by atoms with E-state index in [1.54, 1.807) is 18.4 Å². The van der Waals surface area contributed by atoms with E-state index in [2.05, 4.69) is 35.4 Å². The predicted octanol–water partition coefficient (Wildman–Crippen LogP) is 3.68. The molecule has 0 unspecified atom stereocenters. The van der Waals surface area contributed by atoms with E-state index in [9.17, 15) is 4.79 Å². The van der Waals surface area contributed by atoms with Gasteiger partial charge in [0.15, 0.2) is 5.11 Å². The Bertz CT molecular complexity index is 983. The van der Waals surface area contributed by atoms with Gasteiger partial charge in [0.2, 0.25) is 0 Å². The van der Waals surface area contributed by atoms with E-state index in [1.165, 1.54) is 10.4 Å². The summed E-state index contributed by atoms with van der Waals surface area (Å²) >= 11 is 7.27.